The Kier molecular flexibility index (Phi) is 1.85. The van der Waals surface area contributed by atoms with Crippen LogP contribution in [0.1, 0.15) is 5.56 Å². The molecule has 3 heteroatoms. The Bertz CT molecular complexity index is 735. The van der Waals surface area contributed by atoms with Crippen LogP contribution in [-0.2, 0) is 0 Å². The second-order valence-electron chi connectivity index (χ2n) is 3.65. The third-order valence-electron chi connectivity index (χ3n) is 2.66. The van der Waals surface area contributed by atoms with Gasteiger partial charge >= 0.3 is 0 Å². The van der Waals surface area contributed by atoms with Gasteiger partial charge in [-0.2, -0.15) is 5.26 Å². The van der Waals surface area contributed by atoms with Crippen molar-refractivity contribution in [3.63, 3.8) is 0 Å². The molecule has 0 amide bonds. The fraction of sp³-hybridized carbons (Fsp3) is 0. The molecule has 3 rings (SSSR count). The number of nitriles is 1. The van der Waals surface area contributed by atoms with Crippen molar-refractivity contribution in [2.75, 3.05) is 5.73 Å². The van der Waals surface area contributed by atoms with E-state index in [0.717, 1.165) is 21.2 Å². The Labute approximate surface area is 96.5 Å². The summed E-state index contributed by atoms with van der Waals surface area (Å²) in [6.45, 7) is 0. The molecule has 76 valence electrons. The molecule has 2 nitrogen and oxygen atoms in total. The van der Waals surface area contributed by atoms with Crippen molar-refractivity contribution in [3.05, 3.63) is 42.0 Å². The van der Waals surface area contributed by atoms with Crippen molar-refractivity contribution in [1.82, 2.24) is 0 Å². The number of hydrogen-bond acceptors (Lipinski definition) is 3. The minimum atomic E-state index is 0.692. The number of thiophene rings is 1. The van der Waals surface area contributed by atoms with E-state index in [-0.39, 0.29) is 0 Å². The molecule has 1 aromatic heterocycles. The van der Waals surface area contributed by atoms with Crippen LogP contribution in [-0.4, -0.2) is 0 Å². The van der Waals surface area contributed by atoms with Crippen LogP contribution >= 0.6 is 11.3 Å². The summed E-state index contributed by atoms with van der Waals surface area (Å²) in [5, 5.41) is 11.1. The Morgan fingerprint density at radius 2 is 2.00 bits per heavy atom. The molecule has 3 aromatic rings. The SMILES string of the molecule is N#Cc1ccc2c(c1)sc1cccc(N)c12. The predicted octanol–water partition coefficient (Wildman–Crippen LogP) is 3.51. The van der Waals surface area contributed by atoms with Crippen molar-refractivity contribution >= 4 is 37.2 Å². The van der Waals surface area contributed by atoms with E-state index >= 15 is 0 Å². The fourth-order valence-electron chi connectivity index (χ4n) is 1.92. The molecule has 0 aliphatic rings. The Balaban J connectivity index is 2.53. The summed E-state index contributed by atoms with van der Waals surface area (Å²) in [6.07, 6.45) is 0. The maximum atomic E-state index is 8.86. The Morgan fingerprint density at radius 1 is 1.12 bits per heavy atom. The quantitative estimate of drug-likeness (QED) is 0.594. The minimum Gasteiger partial charge on any atom is -0.398 e. The van der Waals surface area contributed by atoms with Crippen LogP contribution in [0.2, 0.25) is 0 Å². The number of nitrogens with two attached hydrogens (primary N) is 1. The number of hydrogen-bond donors (Lipinski definition) is 1. The summed E-state index contributed by atoms with van der Waals surface area (Å²) in [7, 11) is 0. The smallest absolute Gasteiger partial charge is 0.0992 e. The van der Waals surface area contributed by atoms with E-state index in [2.05, 4.69) is 12.1 Å². The van der Waals surface area contributed by atoms with Gasteiger partial charge in [0.1, 0.15) is 0 Å². The van der Waals surface area contributed by atoms with E-state index in [9.17, 15) is 0 Å². The van der Waals surface area contributed by atoms with Gasteiger partial charge < -0.3 is 5.73 Å². The molecule has 0 saturated heterocycles. The van der Waals surface area contributed by atoms with Crippen molar-refractivity contribution in [2.24, 2.45) is 0 Å². The molecule has 0 aliphatic heterocycles. The minimum absolute atomic E-state index is 0.692. The van der Waals surface area contributed by atoms with Crippen LogP contribution in [0.3, 0.4) is 0 Å². The molecule has 0 saturated carbocycles. The molecule has 0 spiro atoms. The highest BCUT2D eigenvalue weighted by atomic mass is 32.1. The third-order valence-corrected chi connectivity index (χ3v) is 3.78. The molecule has 0 fully saturated rings. The summed E-state index contributed by atoms with van der Waals surface area (Å²) in [4.78, 5) is 0. The molecular formula is C13H8N2S. The van der Waals surface area contributed by atoms with Gasteiger partial charge in [0.2, 0.25) is 0 Å². The topological polar surface area (TPSA) is 49.8 Å². The number of benzene rings is 2. The number of anilines is 1. The number of nitrogens with zero attached hydrogens (tertiary/aromatic N) is 1. The predicted molar refractivity (Wildman–Crippen MR) is 68.5 cm³/mol. The summed E-state index contributed by atoms with van der Waals surface area (Å²) >= 11 is 1.67. The van der Waals surface area contributed by atoms with Crippen LogP contribution in [0.15, 0.2) is 36.4 Å². The molecule has 2 N–H and O–H groups in total. The van der Waals surface area contributed by atoms with Gasteiger partial charge in [0.25, 0.3) is 0 Å². The standard InChI is InChI=1S/C13H8N2S/c14-7-8-4-5-9-12(6-8)16-11-3-1-2-10(15)13(9)11/h1-6H,15H2. The van der Waals surface area contributed by atoms with E-state index in [1.807, 2.05) is 30.3 Å². The summed E-state index contributed by atoms with van der Waals surface area (Å²) < 4.78 is 2.29. The molecule has 0 atom stereocenters. The van der Waals surface area contributed by atoms with Gasteiger partial charge in [-0.3, -0.25) is 0 Å². The first kappa shape index (κ1) is 9.20. The Morgan fingerprint density at radius 3 is 2.81 bits per heavy atom. The monoisotopic (exact) mass is 224 g/mol. The first-order valence-electron chi connectivity index (χ1n) is 4.90. The van der Waals surface area contributed by atoms with E-state index in [0.29, 0.717) is 5.56 Å². The van der Waals surface area contributed by atoms with Gasteiger partial charge in [-0.15, -0.1) is 11.3 Å². The number of fused-ring (bicyclic) bond motifs is 3. The summed E-state index contributed by atoms with van der Waals surface area (Å²) in [5.41, 5.74) is 7.47. The molecule has 1 heterocycles. The van der Waals surface area contributed by atoms with Crippen LogP contribution in [0, 0.1) is 11.3 Å². The van der Waals surface area contributed by atoms with E-state index in [4.69, 9.17) is 11.0 Å². The molecule has 2 aromatic carbocycles. The Hall–Kier alpha value is -2.05. The average Bonchev–Trinajstić information content (AvgIpc) is 2.67. The molecule has 0 bridgehead atoms. The van der Waals surface area contributed by atoms with Gasteiger partial charge in [0.15, 0.2) is 0 Å². The van der Waals surface area contributed by atoms with Crippen LogP contribution < -0.4 is 5.73 Å². The highest BCUT2D eigenvalue weighted by Gasteiger charge is 2.07. The second kappa shape index (κ2) is 3.22. The van der Waals surface area contributed by atoms with E-state index in [1.54, 1.807) is 11.3 Å². The summed E-state index contributed by atoms with van der Waals surface area (Å²) in [5.74, 6) is 0. The molecular weight excluding hydrogens is 216 g/mol. The zero-order chi connectivity index (χ0) is 11.1. The maximum Gasteiger partial charge on any atom is 0.0992 e. The molecule has 16 heavy (non-hydrogen) atoms. The number of nitrogen functional groups attached to an aromatic ring is 1. The van der Waals surface area contributed by atoms with Crippen molar-refractivity contribution < 1.29 is 0 Å². The largest absolute Gasteiger partial charge is 0.398 e. The molecule has 0 radical (unpaired) electrons. The lowest BCUT2D eigenvalue weighted by molar-refractivity contribution is 1.50. The highest BCUT2D eigenvalue weighted by molar-refractivity contribution is 7.26. The fourth-order valence-corrected chi connectivity index (χ4v) is 3.10. The average molecular weight is 224 g/mol. The third kappa shape index (κ3) is 1.17. The van der Waals surface area contributed by atoms with Crippen molar-refractivity contribution in [1.29, 1.82) is 5.26 Å². The van der Waals surface area contributed by atoms with Gasteiger partial charge in [0, 0.05) is 25.9 Å². The lowest BCUT2D eigenvalue weighted by atomic mass is 10.1. The molecule has 0 aliphatic carbocycles. The zero-order valence-electron chi connectivity index (χ0n) is 8.40. The number of rotatable bonds is 0. The summed E-state index contributed by atoms with van der Waals surface area (Å²) in [6, 6.07) is 13.8. The van der Waals surface area contributed by atoms with E-state index in [1.165, 1.54) is 4.70 Å². The van der Waals surface area contributed by atoms with Gasteiger partial charge in [-0.1, -0.05) is 12.1 Å². The van der Waals surface area contributed by atoms with Crippen LogP contribution in [0.4, 0.5) is 5.69 Å². The maximum absolute atomic E-state index is 8.86. The normalized spacial score (nSPS) is 10.7. The first-order chi connectivity index (χ1) is 7.79. The first-order valence-corrected chi connectivity index (χ1v) is 5.72. The van der Waals surface area contributed by atoms with Crippen LogP contribution in [0.25, 0.3) is 20.2 Å². The van der Waals surface area contributed by atoms with Crippen molar-refractivity contribution in [3.8, 4) is 6.07 Å². The van der Waals surface area contributed by atoms with Gasteiger partial charge in [0.05, 0.1) is 11.6 Å². The van der Waals surface area contributed by atoms with Crippen LogP contribution in [0.5, 0.6) is 0 Å². The van der Waals surface area contributed by atoms with E-state index < -0.39 is 0 Å². The second-order valence-corrected chi connectivity index (χ2v) is 4.73. The van der Waals surface area contributed by atoms with Gasteiger partial charge in [-0.25, -0.2) is 0 Å². The zero-order valence-corrected chi connectivity index (χ0v) is 9.21. The van der Waals surface area contributed by atoms with Gasteiger partial charge in [-0.05, 0) is 24.3 Å². The lowest BCUT2D eigenvalue weighted by Crippen LogP contribution is -1.83. The lowest BCUT2D eigenvalue weighted by Gasteiger charge is -1.96. The molecule has 0 unspecified atom stereocenters. The highest BCUT2D eigenvalue weighted by Crippen LogP contribution is 2.37. The van der Waals surface area contributed by atoms with Crippen molar-refractivity contribution in [2.45, 2.75) is 0 Å².